The normalized spacial score (nSPS) is 12.8. The van der Waals surface area contributed by atoms with Crippen molar-refractivity contribution in [1.29, 1.82) is 0 Å². The van der Waals surface area contributed by atoms with E-state index in [0.29, 0.717) is 17.6 Å². The SMILES string of the molecule is COCC(C)n1nnc2cccc(C(=O)O)c21. The summed E-state index contributed by atoms with van der Waals surface area (Å²) in [5, 5.41) is 17.1. The molecule has 0 spiro atoms. The van der Waals surface area contributed by atoms with Gasteiger partial charge in [-0.3, -0.25) is 0 Å². The fraction of sp³-hybridized carbons (Fsp3) is 0.364. The lowest BCUT2D eigenvalue weighted by atomic mass is 10.1. The van der Waals surface area contributed by atoms with Crippen molar-refractivity contribution in [3.63, 3.8) is 0 Å². The van der Waals surface area contributed by atoms with Crippen LogP contribution in [0.4, 0.5) is 0 Å². The molecule has 2 rings (SSSR count). The molecular weight excluding hydrogens is 222 g/mol. The summed E-state index contributed by atoms with van der Waals surface area (Å²) in [5.41, 5.74) is 1.31. The zero-order chi connectivity index (χ0) is 12.4. The first-order chi connectivity index (χ1) is 8.15. The number of hydrogen-bond donors (Lipinski definition) is 1. The largest absolute Gasteiger partial charge is 0.478 e. The van der Waals surface area contributed by atoms with E-state index in [1.54, 1.807) is 30.0 Å². The van der Waals surface area contributed by atoms with E-state index >= 15 is 0 Å². The van der Waals surface area contributed by atoms with Crippen LogP contribution < -0.4 is 0 Å². The van der Waals surface area contributed by atoms with Crippen molar-refractivity contribution in [1.82, 2.24) is 15.0 Å². The topological polar surface area (TPSA) is 77.2 Å². The molecule has 0 saturated heterocycles. The summed E-state index contributed by atoms with van der Waals surface area (Å²) in [6, 6.07) is 4.88. The number of ether oxygens (including phenoxy) is 1. The highest BCUT2D eigenvalue weighted by Gasteiger charge is 2.17. The Hall–Kier alpha value is -1.95. The first-order valence-electron chi connectivity index (χ1n) is 5.21. The number of methoxy groups -OCH3 is 1. The van der Waals surface area contributed by atoms with Gasteiger partial charge in [0.05, 0.1) is 18.2 Å². The van der Waals surface area contributed by atoms with Crippen molar-refractivity contribution in [3.8, 4) is 0 Å². The van der Waals surface area contributed by atoms with Gasteiger partial charge in [0.15, 0.2) is 0 Å². The van der Waals surface area contributed by atoms with Gasteiger partial charge in [-0.05, 0) is 19.1 Å². The average molecular weight is 235 g/mol. The Balaban J connectivity index is 2.61. The summed E-state index contributed by atoms with van der Waals surface area (Å²) >= 11 is 0. The maximum Gasteiger partial charge on any atom is 0.337 e. The Morgan fingerprint density at radius 2 is 2.35 bits per heavy atom. The number of carbonyl (C=O) groups is 1. The van der Waals surface area contributed by atoms with E-state index < -0.39 is 5.97 Å². The third kappa shape index (κ3) is 1.99. The molecule has 90 valence electrons. The van der Waals surface area contributed by atoms with E-state index in [4.69, 9.17) is 9.84 Å². The standard InChI is InChI=1S/C11H13N3O3/c1-7(6-17-2)14-10-8(11(15)16)4-3-5-9(10)12-13-14/h3-5,7H,6H2,1-2H3,(H,15,16). The average Bonchev–Trinajstić information content (AvgIpc) is 2.72. The Morgan fingerprint density at radius 1 is 1.59 bits per heavy atom. The molecule has 0 fully saturated rings. The first kappa shape index (κ1) is 11.5. The number of carboxylic acids is 1. The summed E-state index contributed by atoms with van der Waals surface area (Å²) in [6.07, 6.45) is 0. The van der Waals surface area contributed by atoms with E-state index in [1.165, 1.54) is 0 Å². The molecule has 1 aromatic heterocycles. The number of fused-ring (bicyclic) bond motifs is 1. The van der Waals surface area contributed by atoms with Crippen molar-refractivity contribution in [3.05, 3.63) is 23.8 Å². The highest BCUT2D eigenvalue weighted by Crippen LogP contribution is 2.20. The van der Waals surface area contributed by atoms with Crippen LogP contribution in [-0.2, 0) is 4.74 Å². The predicted octanol–water partition coefficient (Wildman–Crippen LogP) is 1.34. The van der Waals surface area contributed by atoms with Gasteiger partial charge in [-0.2, -0.15) is 0 Å². The van der Waals surface area contributed by atoms with Crippen molar-refractivity contribution in [2.75, 3.05) is 13.7 Å². The molecule has 1 N–H and O–H groups in total. The minimum atomic E-state index is -0.983. The lowest BCUT2D eigenvalue weighted by Crippen LogP contribution is -2.14. The summed E-state index contributed by atoms with van der Waals surface area (Å²) < 4.78 is 6.63. The fourth-order valence-electron chi connectivity index (χ4n) is 1.79. The monoisotopic (exact) mass is 235 g/mol. The second-order valence-corrected chi connectivity index (χ2v) is 3.82. The lowest BCUT2D eigenvalue weighted by Gasteiger charge is -2.11. The molecule has 0 aliphatic heterocycles. The van der Waals surface area contributed by atoms with Crippen LogP contribution in [-0.4, -0.2) is 39.8 Å². The maximum absolute atomic E-state index is 11.1. The molecular formula is C11H13N3O3. The van der Waals surface area contributed by atoms with E-state index in [2.05, 4.69) is 10.3 Å². The van der Waals surface area contributed by atoms with Crippen LogP contribution in [0, 0.1) is 0 Å². The van der Waals surface area contributed by atoms with Crippen LogP contribution in [0.1, 0.15) is 23.3 Å². The van der Waals surface area contributed by atoms with Gasteiger partial charge in [-0.1, -0.05) is 11.3 Å². The van der Waals surface area contributed by atoms with E-state index in [0.717, 1.165) is 0 Å². The van der Waals surface area contributed by atoms with E-state index in [9.17, 15) is 4.79 Å². The number of nitrogens with zero attached hydrogens (tertiary/aromatic N) is 3. The third-order valence-corrected chi connectivity index (χ3v) is 2.55. The zero-order valence-electron chi connectivity index (χ0n) is 9.62. The summed E-state index contributed by atoms with van der Waals surface area (Å²) in [7, 11) is 1.59. The van der Waals surface area contributed by atoms with Gasteiger partial charge >= 0.3 is 5.97 Å². The number of para-hydroxylation sites is 1. The molecule has 1 unspecified atom stereocenters. The minimum absolute atomic E-state index is 0.0644. The molecule has 0 aliphatic rings. The molecule has 1 heterocycles. The van der Waals surface area contributed by atoms with Gasteiger partial charge in [0, 0.05) is 7.11 Å². The van der Waals surface area contributed by atoms with Gasteiger partial charge in [0.25, 0.3) is 0 Å². The van der Waals surface area contributed by atoms with Crippen LogP contribution in [0.2, 0.25) is 0 Å². The number of rotatable bonds is 4. The van der Waals surface area contributed by atoms with Crippen molar-refractivity contribution in [2.24, 2.45) is 0 Å². The second-order valence-electron chi connectivity index (χ2n) is 3.82. The van der Waals surface area contributed by atoms with Crippen LogP contribution in [0.15, 0.2) is 18.2 Å². The molecule has 2 aromatic rings. The van der Waals surface area contributed by atoms with Gasteiger partial charge < -0.3 is 9.84 Å². The molecule has 0 amide bonds. The van der Waals surface area contributed by atoms with Crippen LogP contribution in [0.25, 0.3) is 11.0 Å². The highest BCUT2D eigenvalue weighted by atomic mass is 16.5. The molecule has 6 nitrogen and oxygen atoms in total. The molecule has 17 heavy (non-hydrogen) atoms. The molecule has 0 bridgehead atoms. The van der Waals surface area contributed by atoms with E-state index in [1.807, 2.05) is 6.92 Å². The molecule has 0 saturated carbocycles. The van der Waals surface area contributed by atoms with Crippen LogP contribution in [0.3, 0.4) is 0 Å². The highest BCUT2D eigenvalue weighted by molar-refractivity contribution is 6.00. The smallest absolute Gasteiger partial charge is 0.337 e. The molecule has 6 heteroatoms. The summed E-state index contributed by atoms with van der Waals surface area (Å²) in [4.78, 5) is 11.1. The molecule has 0 radical (unpaired) electrons. The number of aromatic nitrogens is 3. The fourth-order valence-corrected chi connectivity index (χ4v) is 1.79. The van der Waals surface area contributed by atoms with E-state index in [-0.39, 0.29) is 11.6 Å². The minimum Gasteiger partial charge on any atom is -0.478 e. The van der Waals surface area contributed by atoms with Gasteiger partial charge in [-0.25, -0.2) is 9.48 Å². The Bertz CT molecular complexity index is 550. The summed E-state index contributed by atoms with van der Waals surface area (Å²) in [5.74, 6) is -0.983. The number of benzene rings is 1. The summed E-state index contributed by atoms with van der Waals surface area (Å²) in [6.45, 7) is 2.35. The maximum atomic E-state index is 11.1. The van der Waals surface area contributed by atoms with Crippen molar-refractivity contribution >= 4 is 17.0 Å². The zero-order valence-corrected chi connectivity index (χ0v) is 9.62. The predicted molar refractivity (Wildman–Crippen MR) is 61.1 cm³/mol. The number of aromatic carboxylic acids is 1. The Labute approximate surface area is 97.8 Å². The Kier molecular flexibility index (Phi) is 3.06. The van der Waals surface area contributed by atoms with Crippen LogP contribution in [0.5, 0.6) is 0 Å². The number of carboxylic acid groups (broad SMARTS) is 1. The lowest BCUT2D eigenvalue weighted by molar-refractivity contribution is 0.0698. The number of hydrogen-bond acceptors (Lipinski definition) is 4. The molecule has 1 aromatic carbocycles. The van der Waals surface area contributed by atoms with Gasteiger partial charge in [0.1, 0.15) is 11.0 Å². The van der Waals surface area contributed by atoms with Crippen molar-refractivity contribution < 1.29 is 14.6 Å². The Morgan fingerprint density at radius 3 is 3.00 bits per heavy atom. The van der Waals surface area contributed by atoms with Gasteiger partial charge in [0.2, 0.25) is 0 Å². The second kappa shape index (κ2) is 4.50. The molecule has 0 aliphatic carbocycles. The van der Waals surface area contributed by atoms with Gasteiger partial charge in [-0.15, -0.1) is 5.10 Å². The van der Waals surface area contributed by atoms with Crippen LogP contribution >= 0.6 is 0 Å². The van der Waals surface area contributed by atoms with Crippen molar-refractivity contribution in [2.45, 2.75) is 13.0 Å². The third-order valence-electron chi connectivity index (χ3n) is 2.55. The first-order valence-corrected chi connectivity index (χ1v) is 5.21. The molecule has 1 atom stereocenters. The quantitative estimate of drug-likeness (QED) is 0.865.